The van der Waals surface area contributed by atoms with Crippen LogP contribution in [0.3, 0.4) is 0 Å². The van der Waals surface area contributed by atoms with Gasteiger partial charge < -0.3 is 4.98 Å². The van der Waals surface area contributed by atoms with E-state index >= 15 is 0 Å². The Balaban J connectivity index is 2.42. The number of hydrogen-bond acceptors (Lipinski definition) is 1. The summed E-state index contributed by atoms with van der Waals surface area (Å²) in [4.78, 5) is 7.85. The van der Waals surface area contributed by atoms with Crippen LogP contribution in [0.25, 0.3) is 0 Å². The molecule has 2 atom stereocenters. The van der Waals surface area contributed by atoms with E-state index in [4.69, 9.17) is 0 Å². The number of H-pyrrole nitrogens is 1. The third-order valence-corrected chi connectivity index (χ3v) is 3.48. The Bertz CT molecular complexity index is 314. The molecular weight excluding hydrogens is 208 g/mol. The standard InChI is InChI=1S/C15H28N2/c1-6-14(15-16-10-13(5)17-15)8-7-12(4)9-11(2)3/h10-12,14H,6-9H2,1-5H3,(H,16,17). The molecule has 0 saturated carbocycles. The van der Waals surface area contributed by atoms with Crippen LogP contribution in [-0.4, -0.2) is 9.97 Å². The molecule has 2 heteroatoms. The average Bonchev–Trinajstić information content (AvgIpc) is 2.65. The smallest absolute Gasteiger partial charge is 0.109 e. The Labute approximate surface area is 106 Å². The number of hydrogen-bond donors (Lipinski definition) is 1. The third kappa shape index (κ3) is 4.93. The molecule has 1 aromatic rings. The van der Waals surface area contributed by atoms with E-state index < -0.39 is 0 Å². The summed E-state index contributed by atoms with van der Waals surface area (Å²) in [5.41, 5.74) is 1.17. The van der Waals surface area contributed by atoms with Crippen LogP contribution in [0.2, 0.25) is 0 Å². The lowest BCUT2D eigenvalue weighted by molar-refractivity contribution is 0.385. The molecule has 1 aromatic heterocycles. The second-order valence-corrected chi connectivity index (χ2v) is 5.87. The molecule has 1 rings (SSSR count). The molecule has 0 amide bonds. The monoisotopic (exact) mass is 236 g/mol. The van der Waals surface area contributed by atoms with Crippen molar-refractivity contribution in [3.05, 3.63) is 17.7 Å². The van der Waals surface area contributed by atoms with Gasteiger partial charge in [0.25, 0.3) is 0 Å². The highest BCUT2D eigenvalue weighted by molar-refractivity contribution is 5.03. The predicted octanol–water partition coefficient (Wildman–Crippen LogP) is 4.67. The Morgan fingerprint density at radius 2 is 1.94 bits per heavy atom. The Morgan fingerprint density at radius 1 is 1.24 bits per heavy atom. The predicted molar refractivity (Wildman–Crippen MR) is 74.2 cm³/mol. The van der Waals surface area contributed by atoms with E-state index in [1.807, 2.05) is 6.20 Å². The number of aromatic amines is 1. The van der Waals surface area contributed by atoms with Crippen molar-refractivity contribution in [3.63, 3.8) is 0 Å². The molecule has 2 unspecified atom stereocenters. The van der Waals surface area contributed by atoms with Crippen molar-refractivity contribution in [1.82, 2.24) is 9.97 Å². The van der Waals surface area contributed by atoms with Gasteiger partial charge in [-0.2, -0.15) is 0 Å². The van der Waals surface area contributed by atoms with Crippen molar-refractivity contribution in [2.75, 3.05) is 0 Å². The summed E-state index contributed by atoms with van der Waals surface area (Å²) >= 11 is 0. The van der Waals surface area contributed by atoms with Crippen molar-refractivity contribution in [2.24, 2.45) is 11.8 Å². The van der Waals surface area contributed by atoms with Gasteiger partial charge in [0.2, 0.25) is 0 Å². The molecule has 1 heterocycles. The first-order valence-corrected chi connectivity index (χ1v) is 7.04. The Hall–Kier alpha value is -0.790. The topological polar surface area (TPSA) is 28.7 Å². The van der Waals surface area contributed by atoms with E-state index in [9.17, 15) is 0 Å². The van der Waals surface area contributed by atoms with E-state index in [0.29, 0.717) is 5.92 Å². The van der Waals surface area contributed by atoms with Gasteiger partial charge in [-0.25, -0.2) is 4.98 Å². The first kappa shape index (κ1) is 14.3. The minimum absolute atomic E-state index is 0.610. The van der Waals surface area contributed by atoms with Gasteiger partial charge in [-0.05, 0) is 38.0 Å². The fraction of sp³-hybridized carbons (Fsp3) is 0.800. The van der Waals surface area contributed by atoms with Crippen LogP contribution in [0.4, 0.5) is 0 Å². The summed E-state index contributed by atoms with van der Waals surface area (Å²) in [5.74, 6) is 3.44. The number of aryl methyl sites for hydroxylation is 1. The number of rotatable bonds is 7. The summed E-state index contributed by atoms with van der Waals surface area (Å²) in [7, 11) is 0. The van der Waals surface area contributed by atoms with E-state index in [-0.39, 0.29) is 0 Å². The van der Waals surface area contributed by atoms with Crippen molar-refractivity contribution < 1.29 is 0 Å². The fourth-order valence-electron chi connectivity index (χ4n) is 2.58. The van der Waals surface area contributed by atoms with Gasteiger partial charge in [0.1, 0.15) is 5.82 Å². The molecular formula is C15H28N2. The third-order valence-electron chi connectivity index (χ3n) is 3.48. The zero-order chi connectivity index (χ0) is 12.8. The summed E-state index contributed by atoms with van der Waals surface area (Å²) in [6, 6.07) is 0. The normalized spacial score (nSPS) is 15.2. The maximum atomic E-state index is 4.47. The lowest BCUT2D eigenvalue weighted by Crippen LogP contribution is -2.05. The van der Waals surface area contributed by atoms with Crippen molar-refractivity contribution in [2.45, 2.75) is 66.2 Å². The second-order valence-electron chi connectivity index (χ2n) is 5.87. The van der Waals surface area contributed by atoms with Gasteiger partial charge >= 0.3 is 0 Å². The van der Waals surface area contributed by atoms with E-state index in [2.05, 4.69) is 44.6 Å². The zero-order valence-corrected chi connectivity index (χ0v) is 12.1. The zero-order valence-electron chi connectivity index (χ0n) is 12.1. The highest BCUT2D eigenvalue weighted by Crippen LogP contribution is 2.26. The van der Waals surface area contributed by atoms with Gasteiger partial charge in [-0.15, -0.1) is 0 Å². The first-order valence-electron chi connectivity index (χ1n) is 7.04. The number of aromatic nitrogens is 2. The van der Waals surface area contributed by atoms with E-state index in [1.165, 1.54) is 37.2 Å². The molecule has 0 spiro atoms. The molecule has 98 valence electrons. The number of imidazole rings is 1. The van der Waals surface area contributed by atoms with Crippen LogP contribution in [0.1, 0.15) is 70.8 Å². The lowest BCUT2D eigenvalue weighted by atomic mass is 9.90. The van der Waals surface area contributed by atoms with Crippen molar-refractivity contribution in [1.29, 1.82) is 0 Å². The molecule has 0 bridgehead atoms. The lowest BCUT2D eigenvalue weighted by Gasteiger charge is -2.17. The van der Waals surface area contributed by atoms with Gasteiger partial charge in [-0.1, -0.05) is 34.1 Å². The molecule has 2 nitrogen and oxygen atoms in total. The van der Waals surface area contributed by atoms with Crippen LogP contribution in [0.15, 0.2) is 6.20 Å². The quantitative estimate of drug-likeness (QED) is 0.732. The molecule has 17 heavy (non-hydrogen) atoms. The first-order chi connectivity index (χ1) is 8.02. The maximum absolute atomic E-state index is 4.47. The van der Waals surface area contributed by atoms with E-state index in [0.717, 1.165) is 11.8 Å². The second kappa shape index (κ2) is 6.83. The van der Waals surface area contributed by atoms with Crippen LogP contribution < -0.4 is 0 Å². The van der Waals surface area contributed by atoms with Gasteiger partial charge in [-0.3, -0.25) is 0 Å². The van der Waals surface area contributed by atoms with Crippen molar-refractivity contribution in [3.8, 4) is 0 Å². The minimum atomic E-state index is 0.610. The molecule has 0 aliphatic heterocycles. The Kier molecular flexibility index (Phi) is 5.73. The highest BCUT2D eigenvalue weighted by atomic mass is 14.9. The SMILES string of the molecule is CCC(CCC(C)CC(C)C)c1ncc(C)[nH]1. The van der Waals surface area contributed by atoms with Gasteiger partial charge in [0.05, 0.1) is 0 Å². The number of nitrogens with zero attached hydrogens (tertiary/aromatic N) is 1. The fourth-order valence-corrected chi connectivity index (χ4v) is 2.58. The molecule has 0 aromatic carbocycles. The van der Waals surface area contributed by atoms with Crippen LogP contribution in [-0.2, 0) is 0 Å². The van der Waals surface area contributed by atoms with Gasteiger partial charge in [0.15, 0.2) is 0 Å². The maximum Gasteiger partial charge on any atom is 0.109 e. The van der Waals surface area contributed by atoms with E-state index in [1.54, 1.807) is 0 Å². The molecule has 0 radical (unpaired) electrons. The summed E-state index contributed by atoms with van der Waals surface area (Å²) in [6.07, 6.45) is 7.04. The summed E-state index contributed by atoms with van der Waals surface area (Å²) in [5, 5.41) is 0. The summed E-state index contributed by atoms with van der Waals surface area (Å²) < 4.78 is 0. The van der Waals surface area contributed by atoms with Gasteiger partial charge in [0, 0.05) is 17.8 Å². The summed E-state index contributed by atoms with van der Waals surface area (Å²) in [6.45, 7) is 11.3. The van der Waals surface area contributed by atoms with Crippen LogP contribution in [0, 0.1) is 18.8 Å². The molecule has 0 aliphatic rings. The van der Waals surface area contributed by atoms with Crippen LogP contribution >= 0.6 is 0 Å². The highest BCUT2D eigenvalue weighted by Gasteiger charge is 2.14. The molecule has 1 N–H and O–H groups in total. The molecule has 0 fully saturated rings. The molecule has 0 saturated heterocycles. The van der Waals surface area contributed by atoms with Crippen molar-refractivity contribution >= 4 is 0 Å². The largest absolute Gasteiger partial charge is 0.346 e. The molecule has 0 aliphatic carbocycles. The number of nitrogens with one attached hydrogen (secondary N) is 1. The minimum Gasteiger partial charge on any atom is -0.346 e. The Morgan fingerprint density at radius 3 is 2.41 bits per heavy atom. The average molecular weight is 236 g/mol. The van der Waals surface area contributed by atoms with Crippen LogP contribution in [0.5, 0.6) is 0 Å².